The molecule has 0 radical (unpaired) electrons. The number of likely N-dealkylation sites (tertiary alicyclic amines) is 1. The van der Waals surface area contributed by atoms with Gasteiger partial charge in [0.05, 0.1) is 23.7 Å². The zero-order chi connectivity index (χ0) is 26.2. The van der Waals surface area contributed by atoms with Crippen LogP contribution in [0, 0.1) is 5.82 Å². The number of halogens is 3. The van der Waals surface area contributed by atoms with Crippen molar-refractivity contribution in [2.24, 2.45) is 0 Å². The van der Waals surface area contributed by atoms with E-state index in [0.717, 1.165) is 28.1 Å². The first-order valence-electron chi connectivity index (χ1n) is 11.8. The maximum Gasteiger partial charge on any atom is 0.319 e. The number of urea groups is 1. The molecule has 0 unspecified atom stereocenters. The highest BCUT2D eigenvalue weighted by molar-refractivity contribution is 6.31. The quantitative estimate of drug-likeness (QED) is 0.523. The summed E-state index contributed by atoms with van der Waals surface area (Å²) in [7, 11) is 6.94. The molecule has 0 aliphatic carbocycles. The van der Waals surface area contributed by atoms with Gasteiger partial charge in [-0.2, -0.15) is 0 Å². The van der Waals surface area contributed by atoms with Gasteiger partial charge in [-0.05, 0) is 36.3 Å². The van der Waals surface area contributed by atoms with Gasteiger partial charge in [-0.1, -0.05) is 24.3 Å². The fraction of sp³-hybridized carbons (Fsp3) is 0.385. The molecule has 2 aromatic carbocycles. The SMILES string of the molecule is Bc1cc(N[C@H](C)c2cccc(C(F)F)c2F)c2cc([C@]3(OC)CCN(C(=O)N(C)C)C3)ccc2n1. The highest BCUT2D eigenvalue weighted by Gasteiger charge is 2.42. The highest BCUT2D eigenvalue weighted by atomic mass is 19.3. The third kappa shape index (κ3) is 4.74. The summed E-state index contributed by atoms with van der Waals surface area (Å²) < 4.78 is 47.3. The molecule has 190 valence electrons. The Morgan fingerprint density at radius 3 is 2.61 bits per heavy atom. The molecular weight excluding hydrogens is 468 g/mol. The lowest BCUT2D eigenvalue weighted by atomic mass is 9.90. The molecule has 0 bridgehead atoms. The third-order valence-electron chi connectivity index (χ3n) is 6.87. The number of carbonyl (C=O) groups is 1. The first-order chi connectivity index (χ1) is 17.1. The Morgan fingerprint density at radius 1 is 1.22 bits per heavy atom. The molecule has 0 saturated carbocycles. The van der Waals surface area contributed by atoms with Crippen LogP contribution in [0.3, 0.4) is 0 Å². The topological polar surface area (TPSA) is 57.7 Å². The highest BCUT2D eigenvalue weighted by Crippen LogP contribution is 2.38. The Morgan fingerprint density at radius 2 is 1.94 bits per heavy atom. The van der Waals surface area contributed by atoms with Gasteiger partial charge in [0.25, 0.3) is 6.43 Å². The fourth-order valence-electron chi connectivity index (χ4n) is 4.89. The maximum atomic E-state index is 14.8. The van der Waals surface area contributed by atoms with Crippen molar-refractivity contribution in [2.45, 2.75) is 31.4 Å². The molecule has 3 aromatic rings. The van der Waals surface area contributed by atoms with Crippen molar-refractivity contribution in [3.63, 3.8) is 0 Å². The average molecular weight is 498 g/mol. The number of aromatic nitrogens is 1. The number of rotatable bonds is 6. The predicted molar refractivity (Wildman–Crippen MR) is 137 cm³/mol. The van der Waals surface area contributed by atoms with Gasteiger partial charge in [0.2, 0.25) is 0 Å². The second-order valence-electron chi connectivity index (χ2n) is 9.51. The van der Waals surface area contributed by atoms with Crippen LogP contribution in [0.15, 0.2) is 42.5 Å². The summed E-state index contributed by atoms with van der Waals surface area (Å²) in [6, 6.07) is 11.1. The number of ether oxygens (including phenoxy) is 1. The van der Waals surface area contributed by atoms with E-state index >= 15 is 0 Å². The summed E-state index contributed by atoms with van der Waals surface area (Å²) in [5.74, 6) is -0.904. The van der Waals surface area contributed by atoms with Crippen LogP contribution < -0.4 is 10.9 Å². The maximum absolute atomic E-state index is 14.8. The van der Waals surface area contributed by atoms with Gasteiger partial charge in [0.1, 0.15) is 11.4 Å². The molecule has 1 fully saturated rings. The summed E-state index contributed by atoms with van der Waals surface area (Å²) in [6.45, 7) is 2.71. The Kier molecular flexibility index (Phi) is 7.18. The van der Waals surface area contributed by atoms with Crippen molar-refractivity contribution in [1.29, 1.82) is 0 Å². The number of nitrogens with zero attached hydrogens (tertiary/aromatic N) is 3. The lowest BCUT2D eigenvalue weighted by Gasteiger charge is -2.30. The number of hydrogen-bond acceptors (Lipinski definition) is 4. The number of benzene rings is 2. The molecule has 1 aliphatic heterocycles. The fourth-order valence-corrected chi connectivity index (χ4v) is 4.89. The standard InChI is InChI=1S/C26H30BF3N4O2/c1-15(17-6-5-7-18(23(17)28)24(29)30)31-21-13-22(27)32-20-9-8-16(12-19(20)21)26(36-4)10-11-34(14-26)25(35)33(2)3/h5-9,12-13,15,24H,10-11,14,27H2,1-4H3,(H,31,32)/t15-,26+/m1/s1. The number of alkyl halides is 2. The molecule has 1 N–H and O–H groups in total. The third-order valence-corrected chi connectivity index (χ3v) is 6.87. The molecule has 2 amide bonds. The summed E-state index contributed by atoms with van der Waals surface area (Å²) in [4.78, 5) is 20.5. The molecule has 1 aromatic heterocycles. The molecule has 4 rings (SSSR count). The van der Waals surface area contributed by atoms with E-state index < -0.39 is 29.4 Å². The van der Waals surface area contributed by atoms with Crippen molar-refractivity contribution >= 4 is 36.1 Å². The minimum Gasteiger partial charge on any atom is -0.378 e. The monoisotopic (exact) mass is 498 g/mol. The molecule has 2 heterocycles. The van der Waals surface area contributed by atoms with Crippen molar-refractivity contribution in [2.75, 3.05) is 39.6 Å². The largest absolute Gasteiger partial charge is 0.378 e. The molecule has 2 atom stereocenters. The molecule has 1 saturated heterocycles. The lowest BCUT2D eigenvalue weighted by Crippen LogP contribution is -2.40. The van der Waals surface area contributed by atoms with Gasteiger partial charge >= 0.3 is 6.03 Å². The number of pyridine rings is 1. The van der Waals surface area contributed by atoms with Gasteiger partial charge in [-0.25, -0.2) is 18.0 Å². The van der Waals surface area contributed by atoms with E-state index in [-0.39, 0.29) is 11.6 Å². The number of amides is 2. The van der Waals surface area contributed by atoms with E-state index in [1.54, 1.807) is 37.9 Å². The van der Waals surface area contributed by atoms with Crippen molar-refractivity contribution in [3.8, 4) is 0 Å². The second-order valence-corrected chi connectivity index (χ2v) is 9.51. The zero-order valence-electron chi connectivity index (χ0n) is 21.1. The molecule has 36 heavy (non-hydrogen) atoms. The first-order valence-corrected chi connectivity index (χ1v) is 11.8. The molecule has 0 spiro atoms. The Bertz CT molecular complexity index is 1290. The minimum atomic E-state index is -2.89. The van der Waals surface area contributed by atoms with Crippen LogP contribution in [0.5, 0.6) is 0 Å². The molecule has 10 heteroatoms. The number of fused-ring (bicyclic) bond motifs is 1. The normalized spacial score (nSPS) is 18.6. The molecular formula is C26H30BF3N4O2. The van der Waals surface area contributed by atoms with Gasteiger partial charge in [0, 0.05) is 50.8 Å². The number of nitrogens with one attached hydrogen (secondary N) is 1. The summed E-state index contributed by atoms with van der Waals surface area (Å²) in [6.07, 6.45) is -2.25. The van der Waals surface area contributed by atoms with Crippen molar-refractivity contribution in [3.05, 3.63) is 65.0 Å². The minimum absolute atomic E-state index is 0.0729. The summed E-state index contributed by atoms with van der Waals surface area (Å²) in [5.41, 5.74) is 1.98. The van der Waals surface area contributed by atoms with Crippen LogP contribution in [0.25, 0.3) is 10.9 Å². The zero-order valence-corrected chi connectivity index (χ0v) is 21.1. The Hall–Kier alpha value is -3.27. The van der Waals surface area contributed by atoms with Crippen LogP contribution in [0.4, 0.5) is 23.7 Å². The van der Waals surface area contributed by atoms with E-state index in [1.165, 1.54) is 12.1 Å². The van der Waals surface area contributed by atoms with E-state index in [1.807, 2.05) is 32.1 Å². The predicted octanol–water partition coefficient (Wildman–Crippen LogP) is 3.97. The number of carbonyl (C=O) groups excluding carboxylic acids is 1. The molecule has 1 aliphatic rings. The van der Waals surface area contributed by atoms with Gasteiger partial charge in [0.15, 0.2) is 7.85 Å². The van der Waals surface area contributed by atoms with Crippen LogP contribution in [-0.4, -0.2) is 63.0 Å². The second kappa shape index (κ2) is 10.0. The Balaban J connectivity index is 1.72. The molecule has 6 nitrogen and oxygen atoms in total. The van der Waals surface area contributed by atoms with E-state index in [0.29, 0.717) is 25.2 Å². The van der Waals surface area contributed by atoms with Crippen molar-refractivity contribution < 1.29 is 22.7 Å². The van der Waals surface area contributed by atoms with Crippen LogP contribution in [0.2, 0.25) is 0 Å². The summed E-state index contributed by atoms with van der Waals surface area (Å²) >= 11 is 0. The summed E-state index contributed by atoms with van der Waals surface area (Å²) in [5, 5.41) is 4.10. The number of methoxy groups -OCH3 is 1. The average Bonchev–Trinajstić information content (AvgIpc) is 3.29. The van der Waals surface area contributed by atoms with Gasteiger partial charge in [-0.15, -0.1) is 0 Å². The number of anilines is 1. The van der Waals surface area contributed by atoms with E-state index in [9.17, 15) is 18.0 Å². The smallest absolute Gasteiger partial charge is 0.319 e. The van der Waals surface area contributed by atoms with Crippen LogP contribution >= 0.6 is 0 Å². The first kappa shape index (κ1) is 25.8. The lowest BCUT2D eigenvalue weighted by molar-refractivity contribution is -0.00377. The van der Waals surface area contributed by atoms with E-state index in [2.05, 4.69) is 10.3 Å². The van der Waals surface area contributed by atoms with Crippen molar-refractivity contribution in [1.82, 2.24) is 14.8 Å². The number of hydrogen-bond donors (Lipinski definition) is 1. The van der Waals surface area contributed by atoms with Crippen LogP contribution in [0.1, 0.15) is 42.5 Å². The Labute approximate surface area is 209 Å². The van der Waals surface area contributed by atoms with E-state index in [4.69, 9.17) is 4.74 Å². The van der Waals surface area contributed by atoms with Crippen LogP contribution in [-0.2, 0) is 10.3 Å². The van der Waals surface area contributed by atoms with Gasteiger partial charge < -0.3 is 19.9 Å². The van der Waals surface area contributed by atoms with Gasteiger partial charge in [-0.3, -0.25) is 4.98 Å².